The van der Waals surface area contributed by atoms with Gasteiger partial charge >= 0.3 is 5.69 Å². The molecule has 0 aliphatic carbocycles. The summed E-state index contributed by atoms with van der Waals surface area (Å²) in [6, 6.07) is 12.2. The number of aryl methyl sites for hydroxylation is 1. The zero-order valence-corrected chi connectivity index (χ0v) is 14.9. The van der Waals surface area contributed by atoms with Crippen molar-refractivity contribution in [2.45, 2.75) is 13.6 Å². The smallest absolute Gasteiger partial charge is 0.369 e. The molecule has 8 heteroatoms. The molecule has 0 radical (unpaired) electrons. The van der Waals surface area contributed by atoms with E-state index in [1.165, 1.54) is 32.0 Å². The van der Waals surface area contributed by atoms with Crippen molar-refractivity contribution in [3.63, 3.8) is 0 Å². The van der Waals surface area contributed by atoms with Crippen LogP contribution >= 0.6 is 11.3 Å². The van der Waals surface area contributed by atoms with Crippen LogP contribution in [0.3, 0.4) is 0 Å². The van der Waals surface area contributed by atoms with Crippen LogP contribution in [0.5, 0.6) is 0 Å². The number of hydrogen-bond acceptors (Lipinski definition) is 6. The van der Waals surface area contributed by atoms with Crippen LogP contribution in [0.1, 0.15) is 5.56 Å². The van der Waals surface area contributed by atoms with Crippen LogP contribution < -0.4 is 10.6 Å². The molecular formula is C17H20N6OS. The van der Waals surface area contributed by atoms with Crippen LogP contribution in [0.15, 0.2) is 46.6 Å². The van der Waals surface area contributed by atoms with Crippen LogP contribution in [0.25, 0.3) is 5.00 Å². The van der Waals surface area contributed by atoms with Crippen molar-refractivity contribution in [2.24, 2.45) is 0 Å². The molecule has 1 aliphatic rings. The molecule has 4 rings (SSSR count). The maximum Gasteiger partial charge on any atom is 0.370 e. The predicted molar refractivity (Wildman–Crippen MR) is 98.5 cm³/mol. The van der Waals surface area contributed by atoms with Crippen molar-refractivity contribution in [3.05, 3.63) is 57.8 Å². The van der Waals surface area contributed by atoms with E-state index in [1.807, 2.05) is 17.5 Å². The van der Waals surface area contributed by atoms with E-state index in [-0.39, 0.29) is 5.69 Å². The molecule has 0 N–H and O–H groups in total. The van der Waals surface area contributed by atoms with E-state index in [4.69, 9.17) is 0 Å². The van der Waals surface area contributed by atoms with Gasteiger partial charge in [-0.2, -0.15) is 9.36 Å². The number of aromatic nitrogens is 4. The van der Waals surface area contributed by atoms with Gasteiger partial charge in [-0.05, 0) is 46.5 Å². The molecule has 0 spiro atoms. The van der Waals surface area contributed by atoms with Crippen molar-refractivity contribution >= 4 is 17.0 Å². The molecule has 0 bridgehead atoms. The third-order valence-corrected chi connectivity index (χ3v) is 5.36. The second kappa shape index (κ2) is 6.81. The van der Waals surface area contributed by atoms with Crippen molar-refractivity contribution in [1.29, 1.82) is 0 Å². The SMILES string of the molecule is Cc1ccccc1N1CCN(Cn2nnn(-c3cccs3)c2=O)CC1. The Morgan fingerprint density at radius 3 is 2.56 bits per heavy atom. The lowest BCUT2D eigenvalue weighted by Gasteiger charge is -2.36. The standard InChI is InChI=1S/C17H20N6OS/c1-14-5-2-3-6-15(14)21-10-8-20(9-11-21)13-22-17(24)23(19-18-22)16-7-4-12-25-16/h2-7,12H,8-11,13H2,1H3. The number of thiophene rings is 1. The number of nitrogens with zero attached hydrogens (tertiary/aromatic N) is 6. The summed E-state index contributed by atoms with van der Waals surface area (Å²) in [5, 5.41) is 10.7. The van der Waals surface area contributed by atoms with Gasteiger partial charge in [0, 0.05) is 31.9 Å². The molecule has 0 atom stereocenters. The maximum atomic E-state index is 12.4. The Hall–Kier alpha value is -2.45. The Morgan fingerprint density at radius 2 is 1.84 bits per heavy atom. The fourth-order valence-corrected chi connectivity index (χ4v) is 3.80. The fraction of sp³-hybridized carbons (Fsp3) is 0.353. The first-order chi connectivity index (χ1) is 12.2. The molecule has 7 nitrogen and oxygen atoms in total. The highest BCUT2D eigenvalue weighted by Crippen LogP contribution is 2.20. The van der Waals surface area contributed by atoms with E-state index in [1.54, 1.807) is 0 Å². The van der Waals surface area contributed by atoms with Gasteiger partial charge in [0.2, 0.25) is 0 Å². The second-order valence-corrected chi connectivity index (χ2v) is 7.08. The molecule has 1 aliphatic heterocycles. The topological polar surface area (TPSA) is 59.2 Å². The van der Waals surface area contributed by atoms with Crippen LogP contribution in [-0.4, -0.2) is 50.9 Å². The monoisotopic (exact) mass is 356 g/mol. The van der Waals surface area contributed by atoms with E-state index in [9.17, 15) is 4.79 Å². The summed E-state index contributed by atoms with van der Waals surface area (Å²) < 4.78 is 2.79. The van der Waals surface area contributed by atoms with Gasteiger partial charge in [-0.25, -0.2) is 4.79 Å². The molecule has 0 unspecified atom stereocenters. The van der Waals surface area contributed by atoms with Gasteiger partial charge in [-0.1, -0.05) is 18.2 Å². The highest BCUT2D eigenvalue weighted by Gasteiger charge is 2.20. The van der Waals surface area contributed by atoms with Gasteiger partial charge < -0.3 is 4.90 Å². The van der Waals surface area contributed by atoms with Crippen LogP contribution in [0.4, 0.5) is 5.69 Å². The number of benzene rings is 1. The third-order valence-electron chi connectivity index (χ3n) is 4.52. The summed E-state index contributed by atoms with van der Waals surface area (Å²) >= 11 is 1.48. The number of piperazine rings is 1. The van der Waals surface area contributed by atoms with Gasteiger partial charge in [-0.3, -0.25) is 4.90 Å². The van der Waals surface area contributed by atoms with Crippen molar-refractivity contribution in [1.82, 2.24) is 24.7 Å². The van der Waals surface area contributed by atoms with E-state index >= 15 is 0 Å². The maximum absolute atomic E-state index is 12.4. The molecule has 3 aromatic rings. The molecule has 25 heavy (non-hydrogen) atoms. The Morgan fingerprint density at radius 1 is 1.04 bits per heavy atom. The van der Waals surface area contributed by atoms with E-state index in [0.29, 0.717) is 6.67 Å². The first kappa shape index (κ1) is 16.0. The number of para-hydroxylation sites is 1. The Bertz CT molecular complexity index is 892. The van der Waals surface area contributed by atoms with Gasteiger partial charge in [0.15, 0.2) is 0 Å². The summed E-state index contributed by atoms with van der Waals surface area (Å²) in [5.41, 5.74) is 2.40. The molecule has 2 aromatic heterocycles. The van der Waals surface area contributed by atoms with Gasteiger partial charge in [0.1, 0.15) is 11.7 Å². The molecule has 1 aromatic carbocycles. The molecule has 130 valence electrons. The van der Waals surface area contributed by atoms with E-state index in [2.05, 4.69) is 51.4 Å². The normalized spacial score (nSPS) is 15.6. The molecule has 1 fully saturated rings. The first-order valence-corrected chi connectivity index (χ1v) is 9.20. The molecule has 1 saturated heterocycles. The van der Waals surface area contributed by atoms with Crippen molar-refractivity contribution < 1.29 is 0 Å². The lowest BCUT2D eigenvalue weighted by atomic mass is 10.1. The zero-order chi connectivity index (χ0) is 17.2. The number of anilines is 1. The quantitative estimate of drug-likeness (QED) is 0.710. The number of tetrazole rings is 1. The van der Waals surface area contributed by atoms with E-state index < -0.39 is 0 Å². The molecular weight excluding hydrogens is 336 g/mol. The lowest BCUT2D eigenvalue weighted by Crippen LogP contribution is -2.48. The minimum atomic E-state index is -0.191. The Balaban J connectivity index is 1.41. The predicted octanol–water partition coefficient (Wildman–Crippen LogP) is 1.58. The summed E-state index contributed by atoms with van der Waals surface area (Å²) in [4.78, 5) is 17.1. The minimum absolute atomic E-state index is 0.191. The van der Waals surface area contributed by atoms with Crippen LogP contribution in [-0.2, 0) is 6.67 Å². The van der Waals surface area contributed by atoms with Crippen LogP contribution in [0, 0.1) is 6.92 Å². The summed E-state index contributed by atoms with van der Waals surface area (Å²) in [7, 11) is 0. The molecule has 0 amide bonds. The van der Waals surface area contributed by atoms with Crippen LogP contribution in [0.2, 0.25) is 0 Å². The van der Waals surface area contributed by atoms with Crippen molar-refractivity contribution in [3.8, 4) is 5.00 Å². The molecule has 0 saturated carbocycles. The highest BCUT2D eigenvalue weighted by molar-refractivity contribution is 7.12. The zero-order valence-electron chi connectivity index (χ0n) is 14.1. The van der Waals surface area contributed by atoms with Crippen molar-refractivity contribution in [2.75, 3.05) is 31.1 Å². The summed E-state index contributed by atoms with van der Waals surface area (Å²) in [6.45, 7) is 6.30. The average Bonchev–Trinajstić information content (AvgIpc) is 3.27. The first-order valence-electron chi connectivity index (χ1n) is 8.32. The third kappa shape index (κ3) is 3.22. The Kier molecular flexibility index (Phi) is 4.37. The highest BCUT2D eigenvalue weighted by atomic mass is 32.1. The van der Waals surface area contributed by atoms with Gasteiger partial charge in [0.25, 0.3) is 0 Å². The van der Waals surface area contributed by atoms with Gasteiger partial charge in [-0.15, -0.1) is 11.3 Å². The second-order valence-electron chi connectivity index (χ2n) is 6.16. The largest absolute Gasteiger partial charge is 0.370 e. The van der Waals surface area contributed by atoms with Gasteiger partial charge in [0.05, 0.1) is 0 Å². The summed E-state index contributed by atoms with van der Waals surface area (Å²) in [5.74, 6) is 0. The molecule has 3 heterocycles. The Labute approximate surface area is 149 Å². The number of hydrogen-bond donors (Lipinski definition) is 0. The summed E-state index contributed by atoms with van der Waals surface area (Å²) in [6.07, 6.45) is 0. The van der Waals surface area contributed by atoms with E-state index in [0.717, 1.165) is 31.2 Å². The minimum Gasteiger partial charge on any atom is -0.369 e. The number of rotatable bonds is 4. The lowest BCUT2D eigenvalue weighted by molar-refractivity contribution is 0.191. The average molecular weight is 356 g/mol. The fourth-order valence-electron chi connectivity index (χ4n) is 3.13.